The monoisotopic (exact) mass is 250 g/mol. The molecule has 1 unspecified atom stereocenters. The summed E-state index contributed by atoms with van der Waals surface area (Å²) in [6.45, 7) is 5.46. The van der Waals surface area contributed by atoms with E-state index in [1.54, 1.807) is 0 Å². The second-order valence-electron chi connectivity index (χ2n) is 4.52. The fourth-order valence-electron chi connectivity index (χ4n) is 1.65. The molecule has 4 nitrogen and oxygen atoms in total. The Bertz CT molecular complexity index is 204. The molecule has 5 heteroatoms. The molecular formula is C11H23ClN2O2. The Labute approximate surface area is 104 Å². The van der Waals surface area contributed by atoms with Crippen LogP contribution in [0.15, 0.2) is 0 Å². The van der Waals surface area contributed by atoms with Crippen molar-refractivity contribution in [2.24, 2.45) is 11.7 Å². The van der Waals surface area contributed by atoms with Crippen LogP contribution in [-0.2, 0) is 9.53 Å². The molecule has 1 aliphatic heterocycles. The first kappa shape index (κ1) is 15.7. The number of rotatable bonds is 3. The SMILES string of the molecule is CC(C)[C@@H](N)C(=O)NC1CCCOCC1.Cl. The lowest BCUT2D eigenvalue weighted by Crippen LogP contribution is -2.47. The van der Waals surface area contributed by atoms with Crippen LogP contribution in [0.3, 0.4) is 0 Å². The second kappa shape index (κ2) is 7.87. The van der Waals surface area contributed by atoms with Crippen LogP contribution < -0.4 is 11.1 Å². The summed E-state index contributed by atoms with van der Waals surface area (Å²) in [6, 6.07) is -0.154. The number of nitrogens with two attached hydrogens (primary N) is 1. The standard InChI is InChI=1S/C11H22N2O2.ClH/c1-8(2)10(12)11(14)13-9-4-3-6-15-7-5-9;/h8-10H,3-7,12H2,1-2H3,(H,13,14);1H/t9?,10-;/m1./s1. The van der Waals surface area contributed by atoms with Gasteiger partial charge in [-0.3, -0.25) is 4.79 Å². The van der Waals surface area contributed by atoms with Crippen LogP contribution >= 0.6 is 12.4 Å². The maximum atomic E-state index is 11.7. The summed E-state index contributed by atoms with van der Waals surface area (Å²) in [5, 5.41) is 3.00. The number of amides is 1. The van der Waals surface area contributed by atoms with E-state index in [0.29, 0.717) is 0 Å². The number of nitrogens with one attached hydrogen (secondary N) is 1. The summed E-state index contributed by atoms with van der Waals surface area (Å²) >= 11 is 0. The number of hydrogen-bond donors (Lipinski definition) is 2. The van der Waals surface area contributed by atoms with Crippen molar-refractivity contribution in [3.63, 3.8) is 0 Å². The van der Waals surface area contributed by atoms with Gasteiger partial charge in [0.1, 0.15) is 0 Å². The molecule has 16 heavy (non-hydrogen) atoms. The molecule has 0 aromatic rings. The average molecular weight is 251 g/mol. The molecule has 1 amide bonds. The molecule has 0 radical (unpaired) electrons. The van der Waals surface area contributed by atoms with Crippen LogP contribution in [0.5, 0.6) is 0 Å². The summed E-state index contributed by atoms with van der Waals surface area (Å²) in [5.74, 6) is 0.156. The largest absolute Gasteiger partial charge is 0.381 e. The first-order chi connectivity index (χ1) is 7.11. The van der Waals surface area contributed by atoms with E-state index in [4.69, 9.17) is 10.5 Å². The molecule has 0 aliphatic carbocycles. The maximum absolute atomic E-state index is 11.7. The molecule has 1 heterocycles. The van der Waals surface area contributed by atoms with Gasteiger partial charge in [0, 0.05) is 19.3 Å². The maximum Gasteiger partial charge on any atom is 0.237 e. The highest BCUT2D eigenvalue weighted by Crippen LogP contribution is 2.09. The smallest absolute Gasteiger partial charge is 0.237 e. The highest BCUT2D eigenvalue weighted by Gasteiger charge is 2.21. The third-order valence-electron chi connectivity index (χ3n) is 2.82. The Morgan fingerprint density at radius 3 is 2.69 bits per heavy atom. The third-order valence-corrected chi connectivity index (χ3v) is 2.82. The zero-order valence-electron chi connectivity index (χ0n) is 10.1. The molecule has 96 valence electrons. The van der Waals surface area contributed by atoms with Gasteiger partial charge < -0.3 is 15.8 Å². The van der Waals surface area contributed by atoms with Crippen LogP contribution in [0.2, 0.25) is 0 Å². The Balaban J connectivity index is 0.00000225. The zero-order chi connectivity index (χ0) is 11.3. The number of carbonyl (C=O) groups is 1. The van der Waals surface area contributed by atoms with Crippen molar-refractivity contribution < 1.29 is 9.53 Å². The molecule has 0 spiro atoms. The van der Waals surface area contributed by atoms with Gasteiger partial charge in [0.05, 0.1) is 6.04 Å². The number of hydrogen-bond acceptors (Lipinski definition) is 3. The first-order valence-electron chi connectivity index (χ1n) is 5.75. The molecule has 0 bridgehead atoms. The highest BCUT2D eigenvalue weighted by molar-refractivity contribution is 5.85. The predicted molar refractivity (Wildman–Crippen MR) is 66.7 cm³/mol. The summed E-state index contributed by atoms with van der Waals surface area (Å²) in [7, 11) is 0. The van der Waals surface area contributed by atoms with Crippen molar-refractivity contribution in [2.45, 2.75) is 45.2 Å². The fourth-order valence-corrected chi connectivity index (χ4v) is 1.65. The van der Waals surface area contributed by atoms with E-state index in [-0.39, 0.29) is 30.3 Å². The molecule has 2 atom stereocenters. The minimum absolute atomic E-state index is 0. The fraction of sp³-hybridized carbons (Fsp3) is 0.909. The van der Waals surface area contributed by atoms with Crippen molar-refractivity contribution in [2.75, 3.05) is 13.2 Å². The van der Waals surface area contributed by atoms with Gasteiger partial charge in [-0.2, -0.15) is 0 Å². The lowest BCUT2D eigenvalue weighted by atomic mass is 10.0. The first-order valence-corrected chi connectivity index (χ1v) is 5.75. The number of halogens is 1. The zero-order valence-corrected chi connectivity index (χ0v) is 10.9. The van der Waals surface area contributed by atoms with Gasteiger partial charge in [-0.1, -0.05) is 13.8 Å². The molecule has 1 fully saturated rings. The van der Waals surface area contributed by atoms with Crippen molar-refractivity contribution in [3.05, 3.63) is 0 Å². The minimum atomic E-state index is -0.394. The van der Waals surface area contributed by atoms with E-state index in [2.05, 4.69) is 5.32 Å². The lowest BCUT2D eigenvalue weighted by Gasteiger charge is -2.20. The highest BCUT2D eigenvalue weighted by atomic mass is 35.5. The molecule has 1 aliphatic rings. The lowest BCUT2D eigenvalue weighted by molar-refractivity contribution is -0.124. The Morgan fingerprint density at radius 1 is 1.38 bits per heavy atom. The molecule has 0 saturated carbocycles. The van der Waals surface area contributed by atoms with E-state index in [9.17, 15) is 4.79 Å². The quantitative estimate of drug-likeness (QED) is 0.788. The molecule has 1 saturated heterocycles. The van der Waals surface area contributed by atoms with Gasteiger partial charge in [0.15, 0.2) is 0 Å². The van der Waals surface area contributed by atoms with Crippen LogP contribution in [-0.4, -0.2) is 31.2 Å². The third kappa shape index (κ3) is 5.14. The van der Waals surface area contributed by atoms with E-state index in [1.807, 2.05) is 13.8 Å². The van der Waals surface area contributed by atoms with E-state index >= 15 is 0 Å². The Kier molecular flexibility index (Phi) is 7.72. The average Bonchev–Trinajstić information content (AvgIpc) is 2.45. The van der Waals surface area contributed by atoms with Crippen molar-refractivity contribution in [3.8, 4) is 0 Å². The minimum Gasteiger partial charge on any atom is -0.381 e. The second-order valence-corrected chi connectivity index (χ2v) is 4.52. The van der Waals surface area contributed by atoms with Crippen molar-refractivity contribution >= 4 is 18.3 Å². The van der Waals surface area contributed by atoms with Gasteiger partial charge in [0.25, 0.3) is 0 Å². The van der Waals surface area contributed by atoms with Crippen molar-refractivity contribution in [1.82, 2.24) is 5.32 Å². The van der Waals surface area contributed by atoms with Crippen LogP contribution in [0.25, 0.3) is 0 Å². The van der Waals surface area contributed by atoms with E-state index in [1.165, 1.54) is 0 Å². The van der Waals surface area contributed by atoms with Crippen molar-refractivity contribution in [1.29, 1.82) is 0 Å². The Morgan fingerprint density at radius 2 is 2.06 bits per heavy atom. The van der Waals surface area contributed by atoms with Gasteiger partial charge in [-0.05, 0) is 25.2 Å². The van der Waals surface area contributed by atoms with Gasteiger partial charge >= 0.3 is 0 Å². The van der Waals surface area contributed by atoms with Gasteiger partial charge in [-0.25, -0.2) is 0 Å². The molecule has 0 aromatic heterocycles. The Hall–Kier alpha value is -0.320. The number of ether oxygens (including phenoxy) is 1. The normalized spacial score (nSPS) is 23.1. The molecule has 1 rings (SSSR count). The summed E-state index contributed by atoms with van der Waals surface area (Å²) in [6.07, 6.45) is 2.91. The topological polar surface area (TPSA) is 64.4 Å². The van der Waals surface area contributed by atoms with Crippen LogP contribution in [0, 0.1) is 5.92 Å². The summed E-state index contributed by atoms with van der Waals surface area (Å²) < 4.78 is 5.33. The van der Waals surface area contributed by atoms with Gasteiger partial charge in [0.2, 0.25) is 5.91 Å². The molecule has 3 N–H and O–H groups in total. The van der Waals surface area contributed by atoms with E-state index in [0.717, 1.165) is 32.5 Å². The predicted octanol–water partition coefficient (Wildman–Crippen LogP) is 1.08. The molecular weight excluding hydrogens is 228 g/mol. The summed E-state index contributed by atoms with van der Waals surface area (Å²) in [4.78, 5) is 11.7. The van der Waals surface area contributed by atoms with E-state index < -0.39 is 6.04 Å². The van der Waals surface area contributed by atoms with Gasteiger partial charge in [-0.15, -0.1) is 12.4 Å². The number of carbonyl (C=O) groups excluding carboxylic acids is 1. The van der Waals surface area contributed by atoms with Crippen LogP contribution in [0.4, 0.5) is 0 Å². The summed E-state index contributed by atoms with van der Waals surface area (Å²) in [5.41, 5.74) is 5.77. The van der Waals surface area contributed by atoms with Crippen LogP contribution in [0.1, 0.15) is 33.1 Å². The molecule has 0 aromatic carbocycles.